The number of oxazole rings is 1. The van der Waals surface area contributed by atoms with Crippen LogP contribution >= 0.6 is 0 Å². The van der Waals surface area contributed by atoms with Crippen LogP contribution in [-0.2, 0) is 6.18 Å². The van der Waals surface area contributed by atoms with Crippen LogP contribution in [0.3, 0.4) is 0 Å². The Labute approximate surface area is 145 Å². The summed E-state index contributed by atoms with van der Waals surface area (Å²) in [6.07, 6.45) is -0.768. The third-order valence-corrected chi connectivity index (χ3v) is 3.44. The normalized spacial score (nSPS) is 11.4. The molecule has 0 aliphatic heterocycles. The van der Waals surface area contributed by atoms with Gasteiger partial charge in [-0.3, -0.25) is 4.98 Å². The van der Waals surface area contributed by atoms with Crippen LogP contribution in [0.25, 0.3) is 22.8 Å². The molecule has 0 atom stereocenters. The van der Waals surface area contributed by atoms with E-state index in [1.807, 2.05) is 0 Å². The van der Waals surface area contributed by atoms with E-state index in [1.165, 1.54) is 38.9 Å². The SMILES string of the molecule is CNc1nc(N)nc(-c2cnc(-c3ncco3)cc2OC)c1C(F)(F)F. The Morgan fingerprint density at radius 1 is 1.23 bits per heavy atom. The standard InChI is InChI=1S/C15H13F3N6O2/c1-20-12-10(15(16,17)18)11(23-14(19)24-12)7-6-22-8(5-9(7)25-2)13-21-3-4-26-13/h3-6H,1-2H3,(H3,19,20,23,24). The Bertz CT molecular complexity index is 928. The zero-order valence-corrected chi connectivity index (χ0v) is 13.6. The number of nitrogens with zero attached hydrogens (tertiary/aromatic N) is 4. The highest BCUT2D eigenvalue weighted by Crippen LogP contribution is 2.43. The van der Waals surface area contributed by atoms with Crippen LogP contribution in [0.15, 0.2) is 29.1 Å². The van der Waals surface area contributed by atoms with Gasteiger partial charge in [-0.2, -0.15) is 18.2 Å². The predicted molar refractivity (Wildman–Crippen MR) is 86.3 cm³/mol. The number of hydrogen-bond acceptors (Lipinski definition) is 8. The van der Waals surface area contributed by atoms with E-state index in [-0.39, 0.29) is 23.2 Å². The van der Waals surface area contributed by atoms with Crippen molar-refractivity contribution in [2.45, 2.75) is 6.18 Å². The zero-order chi connectivity index (χ0) is 18.9. The number of nitrogen functional groups attached to an aromatic ring is 1. The summed E-state index contributed by atoms with van der Waals surface area (Å²) in [7, 11) is 2.62. The van der Waals surface area contributed by atoms with Crippen molar-refractivity contribution in [1.29, 1.82) is 0 Å². The Kier molecular flexibility index (Phi) is 4.36. The summed E-state index contributed by atoms with van der Waals surface area (Å²) in [6, 6.07) is 1.40. The van der Waals surface area contributed by atoms with Gasteiger partial charge in [-0.15, -0.1) is 0 Å². The van der Waals surface area contributed by atoms with Gasteiger partial charge in [-0.25, -0.2) is 9.97 Å². The summed E-state index contributed by atoms with van der Waals surface area (Å²) in [5, 5.41) is 2.39. The van der Waals surface area contributed by atoms with Crippen LogP contribution in [0, 0.1) is 0 Å². The summed E-state index contributed by atoms with van der Waals surface area (Å²) in [5.41, 5.74) is 4.34. The first-order valence-corrected chi connectivity index (χ1v) is 7.22. The van der Waals surface area contributed by atoms with Crippen molar-refractivity contribution in [1.82, 2.24) is 19.9 Å². The molecule has 0 unspecified atom stereocenters. The molecule has 0 aliphatic rings. The van der Waals surface area contributed by atoms with Crippen LogP contribution in [0.2, 0.25) is 0 Å². The monoisotopic (exact) mass is 366 g/mol. The Hall–Kier alpha value is -3.37. The van der Waals surface area contributed by atoms with Gasteiger partial charge in [-0.05, 0) is 0 Å². The van der Waals surface area contributed by atoms with E-state index in [9.17, 15) is 13.2 Å². The largest absolute Gasteiger partial charge is 0.496 e. The topological polar surface area (TPSA) is 112 Å². The molecule has 0 amide bonds. The Balaban J connectivity index is 2.25. The molecule has 26 heavy (non-hydrogen) atoms. The third kappa shape index (κ3) is 3.10. The fourth-order valence-corrected chi connectivity index (χ4v) is 2.37. The second-order valence-electron chi connectivity index (χ2n) is 5.01. The van der Waals surface area contributed by atoms with Crippen molar-refractivity contribution in [3.63, 3.8) is 0 Å². The number of aromatic nitrogens is 4. The maximum absolute atomic E-state index is 13.6. The highest BCUT2D eigenvalue weighted by molar-refractivity contribution is 5.76. The second-order valence-corrected chi connectivity index (χ2v) is 5.01. The number of methoxy groups -OCH3 is 1. The van der Waals surface area contributed by atoms with Crippen molar-refractivity contribution in [3.05, 3.63) is 30.3 Å². The minimum absolute atomic E-state index is 0.000677. The molecular weight excluding hydrogens is 353 g/mol. The van der Waals surface area contributed by atoms with E-state index in [0.29, 0.717) is 5.69 Å². The van der Waals surface area contributed by atoms with Crippen LogP contribution in [0.1, 0.15) is 5.56 Å². The van der Waals surface area contributed by atoms with E-state index >= 15 is 0 Å². The van der Waals surface area contributed by atoms with Gasteiger partial charge in [0.1, 0.15) is 29.1 Å². The van der Waals surface area contributed by atoms with Crippen molar-refractivity contribution in [3.8, 4) is 28.6 Å². The Morgan fingerprint density at radius 3 is 2.58 bits per heavy atom. The molecule has 0 spiro atoms. The first kappa shape index (κ1) is 17.5. The number of hydrogen-bond donors (Lipinski definition) is 2. The summed E-state index contributed by atoms with van der Waals surface area (Å²) in [5.74, 6) is -0.474. The lowest BCUT2D eigenvalue weighted by molar-refractivity contribution is -0.136. The molecule has 0 fully saturated rings. The minimum Gasteiger partial charge on any atom is -0.496 e. The molecule has 3 aromatic heterocycles. The molecule has 3 rings (SSSR count). The molecule has 0 bridgehead atoms. The summed E-state index contributed by atoms with van der Waals surface area (Å²) >= 11 is 0. The van der Waals surface area contributed by atoms with E-state index in [1.54, 1.807) is 0 Å². The van der Waals surface area contributed by atoms with Crippen molar-refractivity contribution >= 4 is 11.8 Å². The second kappa shape index (κ2) is 6.50. The lowest BCUT2D eigenvalue weighted by Gasteiger charge is -2.17. The van der Waals surface area contributed by atoms with Crippen LogP contribution in [-0.4, -0.2) is 34.1 Å². The molecule has 3 N–H and O–H groups in total. The number of nitrogens with two attached hydrogens (primary N) is 1. The number of pyridine rings is 1. The molecule has 0 aliphatic carbocycles. The minimum atomic E-state index is -4.73. The quantitative estimate of drug-likeness (QED) is 0.725. The van der Waals surface area contributed by atoms with Crippen molar-refractivity contribution in [2.24, 2.45) is 0 Å². The molecule has 0 aromatic carbocycles. The van der Waals surface area contributed by atoms with E-state index in [0.717, 1.165) is 0 Å². The molecular formula is C15H13F3N6O2. The number of halogens is 3. The average molecular weight is 366 g/mol. The van der Waals surface area contributed by atoms with Gasteiger partial charge in [0.05, 0.1) is 24.6 Å². The van der Waals surface area contributed by atoms with Crippen molar-refractivity contribution in [2.75, 3.05) is 25.2 Å². The fraction of sp³-hybridized carbons (Fsp3) is 0.200. The smallest absolute Gasteiger partial charge is 0.422 e. The molecule has 0 saturated heterocycles. The maximum Gasteiger partial charge on any atom is 0.422 e. The number of alkyl halides is 3. The number of anilines is 2. The lowest BCUT2D eigenvalue weighted by Crippen LogP contribution is -2.15. The average Bonchev–Trinajstić information content (AvgIpc) is 3.13. The third-order valence-electron chi connectivity index (χ3n) is 3.44. The Morgan fingerprint density at radius 2 is 2.00 bits per heavy atom. The fourth-order valence-electron chi connectivity index (χ4n) is 2.37. The molecule has 11 heteroatoms. The molecule has 3 heterocycles. The van der Waals surface area contributed by atoms with Gasteiger partial charge in [0.25, 0.3) is 0 Å². The summed E-state index contributed by atoms with van der Waals surface area (Å²) < 4.78 is 51.2. The van der Waals surface area contributed by atoms with E-state index in [2.05, 4.69) is 25.3 Å². The van der Waals surface area contributed by atoms with Crippen molar-refractivity contribution < 1.29 is 22.3 Å². The first-order chi connectivity index (χ1) is 12.3. The van der Waals surface area contributed by atoms with Crippen LogP contribution in [0.5, 0.6) is 5.75 Å². The first-order valence-electron chi connectivity index (χ1n) is 7.22. The summed E-state index contributed by atoms with van der Waals surface area (Å²) in [6.45, 7) is 0. The lowest BCUT2D eigenvalue weighted by atomic mass is 10.1. The highest BCUT2D eigenvalue weighted by Gasteiger charge is 2.39. The molecule has 0 radical (unpaired) electrons. The maximum atomic E-state index is 13.6. The molecule has 3 aromatic rings. The van der Waals surface area contributed by atoms with E-state index < -0.39 is 23.3 Å². The highest BCUT2D eigenvalue weighted by atomic mass is 19.4. The van der Waals surface area contributed by atoms with Crippen LogP contribution in [0.4, 0.5) is 24.9 Å². The van der Waals surface area contributed by atoms with Gasteiger partial charge in [0.2, 0.25) is 11.8 Å². The number of rotatable bonds is 4. The van der Waals surface area contributed by atoms with Gasteiger partial charge in [0, 0.05) is 19.3 Å². The van der Waals surface area contributed by atoms with Gasteiger partial charge in [-0.1, -0.05) is 0 Å². The molecule has 0 saturated carbocycles. The molecule has 136 valence electrons. The predicted octanol–water partition coefficient (Wildman–Crippen LogP) is 2.84. The van der Waals surface area contributed by atoms with Gasteiger partial charge < -0.3 is 20.2 Å². The number of ether oxygens (including phenoxy) is 1. The van der Waals surface area contributed by atoms with Crippen LogP contribution < -0.4 is 15.8 Å². The van der Waals surface area contributed by atoms with Gasteiger partial charge >= 0.3 is 6.18 Å². The molecule has 8 nitrogen and oxygen atoms in total. The summed E-state index contributed by atoms with van der Waals surface area (Å²) in [4.78, 5) is 15.4. The zero-order valence-electron chi connectivity index (χ0n) is 13.6. The van der Waals surface area contributed by atoms with Gasteiger partial charge in [0.15, 0.2) is 0 Å². The van der Waals surface area contributed by atoms with E-state index in [4.69, 9.17) is 14.9 Å². The number of nitrogens with one attached hydrogen (secondary N) is 1.